The predicted octanol–water partition coefficient (Wildman–Crippen LogP) is 2.72. The van der Waals surface area contributed by atoms with Crippen LogP contribution in [-0.4, -0.2) is 28.0 Å². The van der Waals surface area contributed by atoms with Crippen molar-refractivity contribution in [3.63, 3.8) is 0 Å². The van der Waals surface area contributed by atoms with Crippen LogP contribution in [0.1, 0.15) is 57.8 Å². The summed E-state index contributed by atoms with van der Waals surface area (Å²) in [5.41, 5.74) is 6.81. The third kappa shape index (κ3) is 4.61. The van der Waals surface area contributed by atoms with Crippen molar-refractivity contribution >= 4 is 17.7 Å². The number of carbonyl (C=O) groups is 1. The highest BCUT2D eigenvalue weighted by atomic mass is 35.5. The zero-order valence-corrected chi connectivity index (χ0v) is 14.3. The summed E-state index contributed by atoms with van der Waals surface area (Å²) in [5.74, 6) is 0.174. The molecule has 3 N–H and O–H groups in total. The second-order valence-corrected chi connectivity index (χ2v) is 6.66. The van der Waals surface area contributed by atoms with Gasteiger partial charge in [0.2, 0.25) is 0 Å². The van der Waals surface area contributed by atoms with Gasteiger partial charge in [0.1, 0.15) is 10.8 Å². The Labute approximate surface area is 131 Å². The fourth-order valence-corrected chi connectivity index (χ4v) is 2.25. The van der Waals surface area contributed by atoms with Crippen LogP contribution >= 0.6 is 11.6 Å². The third-order valence-corrected chi connectivity index (χ3v) is 3.31. The van der Waals surface area contributed by atoms with Gasteiger partial charge >= 0.3 is 6.09 Å². The molecule has 1 atom stereocenters. The maximum absolute atomic E-state index is 11.9. The number of nitrogens with two attached hydrogens (primary N) is 1. The fourth-order valence-electron chi connectivity index (χ4n) is 1.99. The van der Waals surface area contributed by atoms with Crippen LogP contribution in [-0.2, 0) is 11.8 Å². The van der Waals surface area contributed by atoms with Crippen LogP contribution in [0.4, 0.5) is 4.79 Å². The highest BCUT2D eigenvalue weighted by Crippen LogP contribution is 2.30. The van der Waals surface area contributed by atoms with Gasteiger partial charge in [-0.1, -0.05) is 25.4 Å². The molecule has 7 heteroatoms. The van der Waals surface area contributed by atoms with Crippen LogP contribution in [0.2, 0.25) is 5.15 Å². The lowest BCUT2D eigenvalue weighted by Crippen LogP contribution is -2.38. The second kappa shape index (κ2) is 6.66. The van der Waals surface area contributed by atoms with Gasteiger partial charge in [0.15, 0.2) is 0 Å². The second-order valence-electron chi connectivity index (χ2n) is 6.30. The van der Waals surface area contributed by atoms with Gasteiger partial charge < -0.3 is 15.8 Å². The summed E-state index contributed by atoms with van der Waals surface area (Å²) in [6, 6.07) is -0.432. The molecule has 1 aromatic rings. The minimum atomic E-state index is -0.567. The number of halogens is 1. The molecule has 1 unspecified atom stereocenters. The van der Waals surface area contributed by atoms with Crippen LogP contribution in [0.5, 0.6) is 0 Å². The van der Waals surface area contributed by atoms with Crippen molar-refractivity contribution in [1.82, 2.24) is 15.1 Å². The molecule has 0 saturated heterocycles. The van der Waals surface area contributed by atoms with Crippen LogP contribution in [0.3, 0.4) is 0 Å². The summed E-state index contributed by atoms with van der Waals surface area (Å²) >= 11 is 6.30. The molecular weight excluding hydrogens is 292 g/mol. The van der Waals surface area contributed by atoms with Crippen molar-refractivity contribution in [2.75, 3.05) is 6.54 Å². The Balaban J connectivity index is 3.03. The zero-order valence-electron chi connectivity index (χ0n) is 13.5. The van der Waals surface area contributed by atoms with Crippen LogP contribution in [0, 0.1) is 0 Å². The first kappa shape index (κ1) is 17.8. The van der Waals surface area contributed by atoms with Crippen molar-refractivity contribution in [2.24, 2.45) is 12.8 Å². The Hall–Kier alpha value is -1.27. The van der Waals surface area contributed by atoms with Crippen molar-refractivity contribution in [2.45, 2.75) is 52.2 Å². The summed E-state index contributed by atoms with van der Waals surface area (Å²) in [6.45, 7) is 9.67. The Morgan fingerprint density at radius 1 is 1.48 bits per heavy atom. The van der Waals surface area contributed by atoms with E-state index in [0.717, 1.165) is 11.3 Å². The largest absolute Gasteiger partial charge is 0.444 e. The highest BCUT2D eigenvalue weighted by Gasteiger charge is 2.27. The van der Waals surface area contributed by atoms with E-state index in [9.17, 15) is 4.79 Å². The molecule has 0 bridgehead atoms. The maximum atomic E-state index is 11.9. The summed E-state index contributed by atoms with van der Waals surface area (Å²) in [6.07, 6.45) is -0.521. The van der Waals surface area contributed by atoms with Gasteiger partial charge in [0, 0.05) is 19.2 Å². The quantitative estimate of drug-likeness (QED) is 0.894. The van der Waals surface area contributed by atoms with E-state index in [0.29, 0.717) is 5.15 Å². The molecule has 0 aliphatic rings. The minimum Gasteiger partial charge on any atom is -0.444 e. The number of hydrogen-bond donors (Lipinski definition) is 2. The number of aryl methyl sites for hydroxylation is 1. The number of alkyl carbamates (subject to hydrolysis) is 1. The fraction of sp³-hybridized carbons (Fsp3) is 0.714. The summed E-state index contributed by atoms with van der Waals surface area (Å²) in [5, 5.41) is 7.64. The van der Waals surface area contributed by atoms with Gasteiger partial charge in [-0.15, -0.1) is 0 Å². The summed E-state index contributed by atoms with van der Waals surface area (Å²) in [7, 11) is 1.76. The standard InChI is InChI=1S/C14H25ClN4O2/c1-8(2)11-10(12(15)19(6)18-11)9(7-16)17-13(20)21-14(3,4)5/h8-9H,7,16H2,1-6H3,(H,17,20). The van der Waals surface area contributed by atoms with Crippen molar-refractivity contribution in [3.8, 4) is 0 Å². The summed E-state index contributed by atoms with van der Waals surface area (Å²) < 4.78 is 6.85. The lowest BCUT2D eigenvalue weighted by molar-refractivity contribution is 0.0505. The number of aromatic nitrogens is 2. The van der Waals surface area contributed by atoms with Crippen LogP contribution < -0.4 is 11.1 Å². The topological polar surface area (TPSA) is 82.2 Å². The van der Waals surface area contributed by atoms with Crippen molar-refractivity contribution < 1.29 is 9.53 Å². The zero-order chi connectivity index (χ0) is 16.4. The Morgan fingerprint density at radius 3 is 2.48 bits per heavy atom. The van der Waals surface area contributed by atoms with E-state index in [4.69, 9.17) is 22.1 Å². The van der Waals surface area contributed by atoms with Crippen molar-refractivity contribution in [3.05, 3.63) is 16.4 Å². The van der Waals surface area contributed by atoms with E-state index < -0.39 is 17.7 Å². The number of ether oxygens (including phenoxy) is 1. The van der Waals surface area contributed by atoms with E-state index in [1.807, 2.05) is 13.8 Å². The average Bonchev–Trinajstić information content (AvgIpc) is 2.61. The summed E-state index contributed by atoms with van der Waals surface area (Å²) in [4.78, 5) is 11.9. The van der Waals surface area contributed by atoms with E-state index in [1.54, 1.807) is 32.5 Å². The Morgan fingerprint density at radius 2 is 2.05 bits per heavy atom. The highest BCUT2D eigenvalue weighted by molar-refractivity contribution is 6.30. The monoisotopic (exact) mass is 316 g/mol. The first-order valence-corrected chi connectivity index (χ1v) is 7.36. The molecule has 1 amide bonds. The predicted molar refractivity (Wildman–Crippen MR) is 83.5 cm³/mol. The van der Waals surface area contributed by atoms with Gasteiger partial charge in [0.05, 0.1) is 11.7 Å². The van der Waals surface area contributed by atoms with Gasteiger partial charge in [-0.25, -0.2) is 4.79 Å². The first-order chi connectivity index (χ1) is 9.56. The molecule has 1 heterocycles. The van der Waals surface area contributed by atoms with Crippen LogP contribution in [0.25, 0.3) is 0 Å². The molecule has 0 fully saturated rings. The van der Waals surface area contributed by atoms with E-state index in [-0.39, 0.29) is 12.5 Å². The van der Waals surface area contributed by atoms with Gasteiger partial charge in [-0.3, -0.25) is 4.68 Å². The van der Waals surface area contributed by atoms with Crippen molar-refractivity contribution in [1.29, 1.82) is 0 Å². The Kier molecular flexibility index (Phi) is 5.64. The molecule has 0 aromatic carbocycles. The maximum Gasteiger partial charge on any atom is 0.408 e. The number of carbonyl (C=O) groups excluding carboxylic acids is 1. The molecule has 0 aliphatic carbocycles. The van der Waals surface area contributed by atoms with Gasteiger partial charge in [-0.05, 0) is 26.7 Å². The number of hydrogen-bond acceptors (Lipinski definition) is 4. The molecule has 0 aliphatic heterocycles. The molecule has 120 valence electrons. The van der Waals surface area contributed by atoms with E-state index in [1.165, 1.54) is 0 Å². The molecular formula is C14H25ClN4O2. The number of amides is 1. The molecule has 0 saturated carbocycles. The molecule has 1 rings (SSSR count). The number of nitrogens with one attached hydrogen (secondary N) is 1. The first-order valence-electron chi connectivity index (χ1n) is 6.98. The van der Waals surface area contributed by atoms with Crippen LogP contribution in [0.15, 0.2) is 0 Å². The molecule has 6 nitrogen and oxygen atoms in total. The van der Waals surface area contributed by atoms with E-state index in [2.05, 4.69) is 10.4 Å². The SMILES string of the molecule is CC(C)c1nn(C)c(Cl)c1C(CN)NC(=O)OC(C)(C)C. The molecule has 21 heavy (non-hydrogen) atoms. The number of nitrogens with zero attached hydrogens (tertiary/aromatic N) is 2. The third-order valence-electron chi connectivity index (χ3n) is 2.86. The lowest BCUT2D eigenvalue weighted by atomic mass is 10.0. The van der Waals surface area contributed by atoms with Gasteiger partial charge in [0.25, 0.3) is 0 Å². The normalized spacial score (nSPS) is 13.4. The smallest absolute Gasteiger partial charge is 0.408 e. The molecule has 0 radical (unpaired) electrons. The average molecular weight is 317 g/mol. The van der Waals surface area contributed by atoms with E-state index >= 15 is 0 Å². The molecule has 1 aromatic heterocycles. The Bertz CT molecular complexity index is 506. The minimum absolute atomic E-state index is 0.174. The molecule has 0 spiro atoms. The van der Waals surface area contributed by atoms with Gasteiger partial charge in [-0.2, -0.15) is 5.10 Å². The number of rotatable bonds is 4. The lowest BCUT2D eigenvalue weighted by Gasteiger charge is -2.23.